The number of halogens is 1. The van der Waals surface area contributed by atoms with E-state index in [4.69, 9.17) is 0 Å². The highest BCUT2D eigenvalue weighted by Crippen LogP contribution is 2.25. The maximum Gasteiger partial charge on any atom is 0.0165 e. The Hall–Kier alpha value is -0.0500. The van der Waals surface area contributed by atoms with Gasteiger partial charge in [0.1, 0.15) is 0 Å². The third-order valence-corrected chi connectivity index (χ3v) is 3.29. The van der Waals surface area contributed by atoms with Gasteiger partial charge in [0.15, 0.2) is 0 Å². The van der Waals surface area contributed by atoms with Crippen LogP contribution < -0.4 is 0 Å². The molecule has 0 unspecified atom stereocenters. The van der Waals surface area contributed by atoms with E-state index in [9.17, 15) is 0 Å². The van der Waals surface area contributed by atoms with Crippen LogP contribution in [0, 0.1) is 3.57 Å². The molecule has 0 aromatic heterocycles. The SMILES string of the molecule is CC(C)c1ccc(I)c(C(C)C)c1. The van der Waals surface area contributed by atoms with Crippen LogP contribution in [0.2, 0.25) is 0 Å². The molecule has 1 rings (SSSR count). The van der Waals surface area contributed by atoms with Gasteiger partial charge in [0.05, 0.1) is 0 Å². The van der Waals surface area contributed by atoms with Crippen molar-refractivity contribution in [2.75, 3.05) is 0 Å². The van der Waals surface area contributed by atoms with Gasteiger partial charge in [0.25, 0.3) is 0 Å². The summed E-state index contributed by atoms with van der Waals surface area (Å²) >= 11 is 2.42. The molecule has 0 heterocycles. The molecule has 0 bridgehead atoms. The van der Waals surface area contributed by atoms with E-state index in [1.165, 1.54) is 14.7 Å². The number of hydrogen-bond acceptors (Lipinski definition) is 0. The van der Waals surface area contributed by atoms with Crippen molar-refractivity contribution in [3.8, 4) is 0 Å². The lowest BCUT2D eigenvalue weighted by atomic mass is 9.96. The minimum absolute atomic E-state index is 0.630. The van der Waals surface area contributed by atoms with Gasteiger partial charge in [0, 0.05) is 3.57 Å². The molecule has 0 radical (unpaired) electrons. The Morgan fingerprint density at radius 2 is 1.62 bits per heavy atom. The highest BCUT2D eigenvalue weighted by atomic mass is 127. The van der Waals surface area contributed by atoms with Crippen molar-refractivity contribution in [3.05, 3.63) is 32.9 Å². The van der Waals surface area contributed by atoms with Gasteiger partial charge in [-0.3, -0.25) is 0 Å². The fraction of sp³-hybridized carbons (Fsp3) is 0.500. The van der Waals surface area contributed by atoms with Crippen molar-refractivity contribution >= 4 is 22.6 Å². The molecule has 0 N–H and O–H groups in total. The van der Waals surface area contributed by atoms with Crippen molar-refractivity contribution in [3.63, 3.8) is 0 Å². The fourth-order valence-electron chi connectivity index (χ4n) is 1.36. The lowest BCUT2D eigenvalue weighted by Crippen LogP contribution is -1.95. The van der Waals surface area contributed by atoms with Gasteiger partial charge < -0.3 is 0 Å². The smallest absolute Gasteiger partial charge is 0.0165 e. The standard InChI is InChI=1S/C12H17I/c1-8(2)10-5-6-12(13)11(7-10)9(3)4/h5-9H,1-4H3. The van der Waals surface area contributed by atoms with Crippen LogP contribution in [0.15, 0.2) is 18.2 Å². The molecule has 0 aliphatic rings. The average molecular weight is 288 g/mol. The molecule has 0 saturated heterocycles. The zero-order valence-electron chi connectivity index (χ0n) is 8.76. The lowest BCUT2D eigenvalue weighted by Gasteiger charge is -2.12. The van der Waals surface area contributed by atoms with E-state index in [-0.39, 0.29) is 0 Å². The van der Waals surface area contributed by atoms with Crippen LogP contribution in [0.1, 0.15) is 50.7 Å². The molecule has 0 atom stereocenters. The van der Waals surface area contributed by atoms with Crippen LogP contribution in [0.25, 0.3) is 0 Å². The highest BCUT2D eigenvalue weighted by Gasteiger charge is 2.07. The van der Waals surface area contributed by atoms with Gasteiger partial charge in [-0.15, -0.1) is 0 Å². The first-order valence-corrected chi connectivity index (χ1v) is 5.89. The Balaban J connectivity index is 3.11. The molecule has 0 aliphatic heterocycles. The number of rotatable bonds is 2. The number of hydrogen-bond donors (Lipinski definition) is 0. The normalized spacial score (nSPS) is 11.3. The molecular weight excluding hydrogens is 271 g/mol. The third-order valence-electron chi connectivity index (χ3n) is 2.31. The second-order valence-electron chi connectivity index (χ2n) is 4.09. The summed E-state index contributed by atoms with van der Waals surface area (Å²) in [6, 6.07) is 6.81. The van der Waals surface area contributed by atoms with Crippen molar-refractivity contribution in [2.24, 2.45) is 0 Å². The Morgan fingerprint density at radius 3 is 2.08 bits per heavy atom. The van der Waals surface area contributed by atoms with E-state index in [0.29, 0.717) is 11.8 Å². The third kappa shape index (κ3) is 2.70. The van der Waals surface area contributed by atoms with Crippen LogP contribution >= 0.6 is 22.6 Å². The van der Waals surface area contributed by atoms with E-state index in [0.717, 1.165) is 0 Å². The van der Waals surface area contributed by atoms with E-state index in [1.54, 1.807) is 0 Å². The second-order valence-corrected chi connectivity index (χ2v) is 5.25. The first-order chi connectivity index (χ1) is 6.02. The van der Waals surface area contributed by atoms with E-state index < -0.39 is 0 Å². The van der Waals surface area contributed by atoms with Gasteiger partial charge in [-0.1, -0.05) is 39.8 Å². The summed E-state index contributed by atoms with van der Waals surface area (Å²) in [6.45, 7) is 8.99. The summed E-state index contributed by atoms with van der Waals surface area (Å²) in [6.07, 6.45) is 0. The summed E-state index contributed by atoms with van der Waals surface area (Å²) in [4.78, 5) is 0. The topological polar surface area (TPSA) is 0 Å². The predicted octanol–water partition coefficient (Wildman–Crippen LogP) is 4.54. The van der Waals surface area contributed by atoms with E-state index >= 15 is 0 Å². The van der Waals surface area contributed by atoms with Crippen molar-refractivity contribution in [1.29, 1.82) is 0 Å². The summed E-state index contributed by atoms with van der Waals surface area (Å²) in [7, 11) is 0. The molecule has 0 amide bonds. The van der Waals surface area contributed by atoms with Crippen LogP contribution in [0.4, 0.5) is 0 Å². The summed E-state index contributed by atoms with van der Waals surface area (Å²) in [5.74, 6) is 1.26. The van der Waals surface area contributed by atoms with Crippen LogP contribution in [-0.4, -0.2) is 0 Å². The van der Waals surface area contributed by atoms with E-state index in [1.807, 2.05) is 0 Å². The van der Waals surface area contributed by atoms with Crippen molar-refractivity contribution in [1.82, 2.24) is 0 Å². The maximum atomic E-state index is 2.42. The van der Waals surface area contributed by atoms with Crippen LogP contribution in [0.3, 0.4) is 0 Å². The van der Waals surface area contributed by atoms with Crippen molar-refractivity contribution in [2.45, 2.75) is 39.5 Å². The number of benzene rings is 1. The van der Waals surface area contributed by atoms with Crippen LogP contribution in [0.5, 0.6) is 0 Å². The van der Waals surface area contributed by atoms with Gasteiger partial charge in [0.2, 0.25) is 0 Å². The fourth-order valence-corrected chi connectivity index (χ4v) is 2.32. The molecule has 0 aliphatic carbocycles. The van der Waals surface area contributed by atoms with Gasteiger partial charge in [-0.05, 0) is 51.6 Å². The zero-order chi connectivity index (χ0) is 10.0. The molecule has 1 heteroatoms. The highest BCUT2D eigenvalue weighted by molar-refractivity contribution is 14.1. The second kappa shape index (κ2) is 4.45. The lowest BCUT2D eigenvalue weighted by molar-refractivity contribution is 0.829. The molecule has 0 fully saturated rings. The Kier molecular flexibility index (Phi) is 3.77. The first-order valence-electron chi connectivity index (χ1n) is 4.81. The maximum absolute atomic E-state index is 2.42. The molecule has 72 valence electrons. The van der Waals surface area contributed by atoms with Gasteiger partial charge >= 0.3 is 0 Å². The molecule has 1 aromatic carbocycles. The summed E-state index contributed by atoms with van der Waals surface area (Å²) in [5.41, 5.74) is 2.93. The Morgan fingerprint density at radius 1 is 1.00 bits per heavy atom. The summed E-state index contributed by atoms with van der Waals surface area (Å²) < 4.78 is 1.39. The quantitative estimate of drug-likeness (QED) is 0.701. The molecule has 0 nitrogen and oxygen atoms in total. The summed E-state index contributed by atoms with van der Waals surface area (Å²) in [5, 5.41) is 0. The minimum atomic E-state index is 0.630. The molecule has 0 spiro atoms. The first kappa shape index (κ1) is 11.0. The van der Waals surface area contributed by atoms with Crippen molar-refractivity contribution < 1.29 is 0 Å². The average Bonchev–Trinajstić information content (AvgIpc) is 2.04. The predicted molar refractivity (Wildman–Crippen MR) is 67.3 cm³/mol. The Labute approximate surface area is 94.9 Å². The van der Waals surface area contributed by atoms with Gasteiger partial charge in [-0.25, -0.2) is 0 Å². The minimum Gasteiger partial charge on any atom is -0.0587 e. The monoisotopic (exact) mass is 288 g/mol. The van der Waals surface area contributed by atoms with Crippen LogP contribution in [-0.2, 0) is 0 Å². The Bertz CT molecular complexity index is 287. The van der Waals surface area contributed by atoms with E-state index in [2.05, 4.69) is 68.5 Å². The molecular formula is C12H17I. The van der Waals surface area contributed by atoms with Gasteiger partial charge in [-0.2, -0.15) is 0 Å². The molecule has 13 heavy (non-hydrogen) atoms. The molecule has 0 saturated carbocycles. The molecule has 1 aromatic rings. The zero-order valence-corrected chi connectivity index (χ0v) is 10.9. The largest absolute Gasteiger partial charge is 0.0587 e.